The molecular formula is C18H26FN3O2. The zero-order chi connectivity index (χ0) is 16.8. The fourth-order valence-electron chi connectivity index (χ4n) is 3.88. The summed E-state index contributed by atoms with van der Waals surface area (Å²) in [4.78, 5) is 18.5. The van der Waals surface area contributed by atoms with Crippen molar-refractivity contribution in [3.8, 4) is 0 Å². The molecule has 2 fully saturated rings. The minimum absolute atomic E-state index is 0.0267. The Hall–Kier alpha value is -1.53. The number of carbonyl (C=O) groups is 1. The highest BCUT2D eigenvalue weighted by molar-refractivity contribution is 5.76. The maximum atomic E-state index is 13.1. The van der Waals surface area contributed by atoms with Gasteiger partial charge in [-0.15, -0.1) is 0 Å². The number of halogens is 1. The SMILES string of the molecule is O=C(CCc1cncc(F)c1)NCC1(N2CCOCC2)CCCC1. The van der Waals surface area contributed by atoms with Gasteiger partial charge in [-0.3, -0.25) is 14.7 Å². The molecule has 132 valence electrons. The molecule has 2 aliphatic rings. The lowest BCUT2D eigenvalue weighted by atomic mass is 9.94. The van der Waals surface area contributed by atoms with Crippen molar-refractivity contribution in [2.75, 3.05) is 32.8 Å². The summed E-state index contributed by atoms with van der Waals surface area (Å²) in [6.45, 7) is 4.16. The molecule has 0 bridgehead atoms. The second-order valence-electron chi connectivity index (χ2n) is 6.82. The van der Waals surface area contributed by atoms with E-state index in [-0.39, 0.29) is 17.3 Å². The van der Waals surface area contributed by atoms with Gasteiger partial charge in [0.25, 0.3) is 0 Å². The molecule has 1 aliphatic heterocycles. The Labute approximate surface area is 142 Å². The monoisotopic (exact) mass is 335 g/mol. The molecule has 1 aromatic rings. The molecule has 2 heterocycles. The highest BCUT2D eigenvalue weighted by Gasteiger charge is 2.40. The molecule has 0 aromatic carbocycles. The minimum atomic E-state index is -0.356. The fourth-order valence-corrected chi connectivity index (χ4v) is 3.88. The lowest BCUT2D eigenvalue weighted by molar-refractivity contribution is -0.122. The molecule has 0 spiro atoms. The van der Waals surface area contributed by atoms with Gasteiger partial charge in [0, 0.05) is 37.8 Å². The van der Waals surface area contributed by atoms with E-state index in [4.69, 9.17) is 4.74 Å². The first-order chi connectivity index (χ1) is 11.7. The third kappa shape index (κ3) is 4.30. The number of nitrogens with one attached hydrogen (secondary N) is 1. The third-order valence-electron chi connectivity index (χ3n) is 5.23. The Morgan fingerprint density at radius 3 is 2.75 bits per heavy atom. The van der Waals surface area contributed by atoms with E-state index < -0.39 is 0 Å². The number of pyridine rings is 1. The highest BCUT2D eigenvalue weighted by Crippen LogP contribution is 2.35. The van der Waals surface area contributed by atoms with E-state index in [0.717, 1.165) is 44.7 Å². The van der Waals surface area contributed by atoms with E-state index >= 15 is 0 Å². The van der Waals surface area contributed by atoms with Crippen molar-refractivity contribution >= 4 is 5.91 Å². The zero-order valence-corrected chi connectivity index (χ0v) is 14.1. The number of hydrogen-bond donors (Lipinski definition) is 1. The smallest absolute Gasteiger partial charge is 0.220 e. The lowest BCUT2D eigenvalue weighted by Gasteiger charge is -2.43. The number of aromatic nitrogens is 1. The Morgan fingerprint density at radius 2 is 2.04 bits per heavy atom. The number of nitrogens with zero attached hydrogens (tertiary/aromatic N) is 2. The van der Waals surface area contributed by atoms with Gasteiger partial charge in [-0.2, -0.15) is 0 Å². The van der Waals surface area contributed by atoms with E-state index in [0.29, 0.717) is 19.4 Å². The number of morpholine rings is 1. The number of rotatable bonds is 6. The van der Waals surface area contributed by atoms with Crippen molar-refractivity contribution in [1.82, 2.24) is 15.2 Å². The number of carbonyl (C=O) groups excluding carboxylic acids is 1. The topological polar surface area (TPSA) is 54.5 Å². The van der Waals surface area contributed by atoms with Crippen LogP contribution in [0.5, 0.6) is 0 Å². The molecule has 1 aromatic heterocycles. The first kappa shape index (κ1) is 17.3. The van der Waals surface area contributed by atoms with Gasteiger partial charge >= 0.3 is 0 Å². The maximum absolute atomic E-state index is 13.1. The van der Waals surface area contributed by atoms with Gasteiger partial charge in [0.15, 0.2) is 0 Å². The van der Waals surface area contributed by atoms with Gasteiger partial charge < -0.3 is 10.1 Å². The zero-order valence-electron chi connectivity index (χ0n) is 14.1. The largest absolute Gasteiger partial charge is 0.379 e. The molecule has 1 aliphatic carbocycles. The van der Waals surface area contributed by atoms with Crippen molar-refractivity contribution in [3.63, 3.8) is 0 Å². The summed E-state index contributed by atoms with van der Waals surface area (Å²) >= 11 is 0. The van der Waals surface area contributed by atoms with Gasteiger partial charge in [-0.05, 0) is 30.9 Å². The molecule has 1 saturated heterocycles. The minimum Gasteiger partial charge on any atom is -0.379 e. The number of amides is 1. The maximum Gasteiger partial charge on any atom is 0.220 e. The molecular weight excluding hydrogens is 309 g/mol. The van der Waals surface area contributed by atoms with Crippen LogP contribution in [0.15, 0.2) is 18.5 Å². The quantitative estimate of drug-likeness (QED) is 0.863. The number of hydrogen-bond acceptors (Lipinski definition) is 4. The second-order valence-corrected chi connectivity index (χ2v) is 6.82. The van der Waals surface area contributed by atoms with E-state index in [1.54, 1.807) is 6.20 Å². The molecule has 0 atom stereocenters. The summed E-state index contributed by atoms with van der Waals surface area (Å²) in [5.41, 5.74) is 0.855. The Kier molecular flexibility index (Phi) is 5.79. The third-order valence-corrected chi connectivity index (χ3v) is 5.23. The van der Waals surface area contributed by atoms with E-state index in [1.807, 2.05) is 0 Å². The van der Waals surface area contributed by atoms with Gasteiger partial charge in [-0.25, -0.2) is 4.39 Å². The van der Waals surface area contributed by atoms with E-state index in [9.17, 15) is 9.18 Å². The summed E-state index contributed by atoms with van der Waals surface area (Å²) in [6.07, 6.45) is 8.40. The predicted molar refractivity (Wildman–Crippen MR) is 89.1 cm³/mol. The second kappa shape index (κ2) is 8.03. The highest BCUT2D eigenvalue weighted by atomic mass is 19.1. The van der Waals surface area contributed by atoms with Crippen LogP contribution in [0.4, 0.5) is 4.39 Å². The van der Waals surface area contributed by atoms with Crippen molar-refractivity contribution in [1.29, 1.82) is 0 Å². The molecule has 3 rings (SSSR count). The summed E-state index contributed by atoms with van der Waals surface area (Å²) in [5.74, 6) is -0.330. The summed E-state index contributed by atoms with van der Waals surface area (Å²) in [7, 11) is 0. The van der Waals surface area contributed by atoms with Crippen LogP contribution in [0.1, 0.15) is 37.7 Å². The number of aryl methyl sites for hydroxylation is 1. The first-order valence-electron chi connectivity index (χ1n) is 8.87. The summed E-state index contributed by atoms with van der Waals surface area (Å²) in [6, 6.07) is 1.44. The fraction of sp³-hybridized carbons (Fsp3) is 0.667. The Balaban J connectivity index is 1.50. The molecule has 1 N–H and O–H groups in total. The normalized spacial score (nSPS) is 20.9. The predicted octanol–water partition coefficient (Wildman–Crippen LogP) is 1.91. The standard InChI is InChI=1S/C18H26FN3O2/c19-16-11-15(12-20-13-16)3-4-17(23)21-14-18(5-1-2-6-18)22-7-9-24-10-8-22/h11-13H,1-10,14H2,(H,21,23). The summed E-state index contributed by atoms with van der Waals surface area (Å²) < 4.78 is 18.6. The van der Waals surface area contributed by atoms with Crippen LogP contribution >= 0.6 is 0 Å². The molecule has 1 saturated carbocycles. The molecule has 5 nitrogen and oxygen atoms in total. The van der Waals surface area contributed by atoms with E-state index in [1.165, 1.54) is 25.1 Å². The van der Waals surface area contributed by atoms with Crippen molar-refractivity contribution in [2.45, 2.75) is 44.1 Å². The van der Waals surface area contributed by atoms with Crippen LogP contribution < -0.4 is 5.32 Å². The number of ether oxygens (including phenoxy) is 1. The van der Waals surface area contributed by atoms with Gasteiger partial charge in [0.2, 0.25) is 5.91 Å². The van der Waals surface area contributed by atoms with Crippen LogP contribution in [0.3, 0.4) is 0 Å². The van der Waals surface area contributed by atoms with Crippen molar-refractivity contribution in [3.05, 3.63) is 29.8 Å². The molecule has 6 heteroatoms. The van der Waals surface area contributed by atoms with Crippen molar-refractivity contribution < 1.29 is 13.9 Å². The first-order valence-corrected chi connectivity index (χ1v) is 8.87. The molecule has 0 unspecified atom stereocenters. The van der Waals surface area contributed by atoms with Crippen molar-refractivity contribution in [2.24, 2.45) is 0 Å². The van der Waals surface area contributed by atoms with Crippen LogP contribution in [-0.2, 0) is 16.0 Å². The van der Waals surface area contributed by atoms with Crippen LogP contribution in [-0.4, -0.2) is 54.2 Å². The van der Waals surface area contributed by atoms with Gasteiger partial charge in [0.1, 0.15) is 5.82 Å². The van der Waals surface area contributed by atoms with Crippen LogP contribution in [0.25, 0.3) is 0 Å². The summed E-state index contributed by atoms with van der Waals surface area (Å²) in [5, 5.41) is 3.11. The lowest BCUT2D eigenvalue weighted by Crippen LogP contribution is -2.57. The average Bonchev–Trinajstić information content (AvgIpc) is 3.09. The van der Waals surface area contributed by atoms with E-state index in [2.05, 4.69) is 15.2 Å². The van der Waals surface area contributed by atoms with Gasteiger partial charge in [-0.1, -0.05) is 12.8 Å². The Bertz CT molecular complexity index is 555. The van der Waals surface area contributed by atoms with Gasteiger partial charge in [0.05, 0.1) is 19.4 Å². The average molecular weight is 335 g/mol. The Morgan fingerprint density at radius 1 is 1.29 bits per heavy atom. The molecule has 0 radical (unpaired) electrons. The molecule has 24 heavy (non-hydrogen) atoms. The molecule has 1 amide bonds. The van der Waals surface area contributed by atoms with Crippen LogP contribution in [0, 0.1) is 5.82 Å². The van der Waals surface area contributed by atoms with Crippen LogP contribution in [0.2, 0.25) is 0 Å².